The fraction of sp³-hybridized carbons (Fsp3) is 0.316. The Morgan fingerprint density at radius 1 is 1.15 bits per heavy atom. The van der Waals surface area contributed by atoms with Gasteiger partial charge in [0, 0.05) is 29.5 Å². The third kappa shape index (κ3) is 5.77. The predicted molar refractivity (Wildman–Crippen MR) is 107 cm³/mol. The zero-order chi connectivity index (χ0) is 20.2. The van der Waals surface area contributed by atoms with Crippen LogP contribution in [0.3, 0.4) is 0 Å². The van der Waals surface area contributed by atoms with Crippen LogP contribution in [0, 0.1) is 0 Å². The molecule has 8 heteroatoms. The summed E-state index contributed by atoms with van der Waals surface area (Å²) in [7, 11) is -2.31. The molecule has 0 radical (unpaired) electrons. The van der Waals surface area contributed by atoms with Gasteiger partial charge in [0.1, 0.15) is 4.90 Å². The standard InChI is InChI=1S/C19H23ClN2O4S/c1-19(2,3)22-27(24,25)17-11-13(9-10-15(17)20)18(23)21-16-8-6-5-7-14(16)12-26-4/h5-11,22H,12H2,1-4H3,(H,21,23). The summed E-state index contributed by atoms with van der Waals surface area (Å²) in [5.41, 5.74) is 0.904. The quantitative estimate of drug-likeness (QED) is 0.758. The van der Waals surface area contributed by atoms with Gasteiger partial charge in [-0.3, -0.25) is 4.79 Å². The van der Waals surface area contributed by atoms with E-state index in [0.29, 0.717) is 12.3 Å². The SMILES string of the molecule is COCc1ccccc1NC(=O)c1ccc(Cl)c(S(=O)(=O)NC(C)(C)C)c1. The summed E-state index contributed by atoms with van der Waals surface area (Å²) in [5.74, 6) is -0.442. The monoisotopic (exact) mass is 410 g/mol. The lowest BCUT2D eigenvalue weighted by Crippen LogP contribution is -2.40. The molecule has 0 saturated carbocycles. The van der Waals surface area contributed by atoms with E-state index in [1.54, 1.807) is 40.0 Å². The lowest BCUT2D eigenvalue weighted by atomic mass is 10.1. The molecule has 27 heavy (non-hydrogen) atoms. The van der Waals surface area contributed by atoms with Gasteiger partial charge in [-0.1, -0.05) is 29.8 Å². The zero-order valence-electron chi connectivity index (χ0n) is 15.7. The molecule has 0 bridgehead atoms. The molecule has 0 saturated heterocycles. The van der Waals surface area contributed by atoms with E-state index in [9.17, 15) is 13.2 Å². The number of benzene rings is 2. The second kappa shape index (κ2) is 8.39. The molecule has 0 atom stereocenters. The van der Waals surface area contributed by atoms with Crippen LogP contribution >= 0.6 is 11.6 Å². The van der Waals surface area contributed by atoms with Crippen LogP contribution in [-0.2, 0) is 21.4 Å². The number of carbonyl (C=O) groups is 1. The topological polar surface area (TPSA) is 84.5 Å². The molecule has 0 fully saturated rings. The van der Waals surface area contributed by atoms with Crippen molar-refractivity contribution in [1.82, 2.24) is 4.72 Å². The number of ether oxygens (including phenoxy) is 1. The Bertz CT molecular complexity index is 937. The highest BCUT2D eigenvalue weighted by Crippen LogP contribution is 2.25. The molecule has 1 amide bonds. The Hall–Kier alpha value is -1.93. The fourth-order valence-electron chi connectivity index (χ4n) is 2.43. The van der Waals surface area contributed by atoms with Crippen LogP contribution in [0.4, 0.5) is 5.69 Å². The van der Waals surface area contributed by atoms with Crippen LogP contribution in [0.15, 0.2) is 47.4 Å². The largest absolute Gasteiger partial charge is 0.380 e. The molecular weight excluding hydrogens is 388 g/mol. The minimum absolute atomic E-state index is 0.0445. The van der Waals surface area contributed by atoms with Crippen molar-refractivity contribution in [3.63, 3.8) is 0 Å². The number of nitrogens with one attached hydrogen (secondary N) is 2. The summed E-state index contributed by atoms with van der Waals surface area (Å²) < 4.78 is 32.9. The van der Waals surface area contributed by atoms with E-state index in [2.05, 4.69) is 10.0 Å². The third-order valence-corrected chi connectivity index (χ3v) is 5.73. The van der Waals surface area contributed by atoms with Gasteiger partial charge in [-0.15, -0.1) is 0 Å². The number of carbonyl (C=O) groups excluding carboxylic acids is 1. The van der Waals surface area contributed by atoms with Crippen LogP contribution < -0.4 is 10.0 Å². The number of sulfonamides is 1. The van der Waals surface area contributed by atoms with E-state index >= 15 is 0 Å². The number of anilines is 1. The minimum Gasteiger partial charge on any atom is -0.380 e. The van der Waals surface area contributed by atoms with Gasteiger partial charge in [0.05, 0.1) is 11.6 Å². The average Bonchev–Trinajstić information content (AvgIpc) is 2.55. The molecule has 146 valence electrons. The number of hydrogen-bond donors (Lipinski definition) is 2. The van der Waals surface area contributed by atoms with Crippen LogP contribution in [0.25, 0.3) is 0 Å². The summed E-state index contributed by atoms with van der Waals surface area (Å²) in [6.07, 6.45) is 0. The highest BCUT2D eigenvalue weighted by Gasteiger charge is 2.25. The van der Waals surface area contributed by atoms with Gasteiger partial charge in [0.25, 0.3) is 5.91 Å². The maximum Gasteiger partial charge on any atom is 0.255 e. The first-order valence-electron chi connectivity index (χ1n) is 8.25. The number of hydrogen-bond acceptors (Lipinski definition) is 4. The summed E-state index contributed by atoms with van der Waals surface area (Å²) in [6.45, 7) is 5.51. The van der Waals surface area contributed by atoms with Crippen molar-refractivity contribution < 1.29 is 17.9 Å². The van der Waals surface area contributed by atoms with Gasteiger partial charge in [0.2, 0.25) is 10.0 Å². The van der Waals surface area contributed by atoms with Gasteiger partial charge in [-0.2, -0.15) is 0 Å². The molecule has 0 aliphatic carbocycles. The molecule has 0 aliphatic heterocycles. The summed E-state index contributed by atoms with van der Waals surface area (Å²) in [4.78, 5) is 12.5. The Morgan fingerprint density at radius 2 is 1.81 bits per heavy atom. The first-order chi connectivity index (χ1) is 12.5. The summed E-state index contributed by atoms with van der Waals surface area (Å²) >= 11 is 6.07. The molecule has 0 aromatic heterocycles. The Balaban J connectivity index is 2.34. The summed E-state index contributed by atoms with van der Waals surface area (Å²) in [5, 5.41) is 2.83. The molecule has 6 nitrogen and oxygen atoms in total. The predicted octanol–water partition coefficient (Wildman–Crippen LogP) is 3.82. The molecular formula is C19H23ClN2O4S. The van der Waals surface area contributed by atoms with Crippen molar-refractivity contribution in [3.8, 4) is 0 Å². The highest BCUT2D eigenvalue weighted by molar-refractivity contribution is 7.89. The van der Waals surface area contributed by atoms with E-state index in [0.717, 1.165) is 5.56 Å². The maximum absolute atomic E-state index is 12.6. The first kappa shape index (κ1) is 21.4. The Kier molecular flexibility index (Phi) is 6.64. The molecule has 0 aliphatic rings. The van der Waals surface area contributed by atoms with Gasteiger partial charge < -0.3 is 10.1 Å². The van der Waals surface area contributed by atoms with E-state index in [4.69, 9.17) is 16.3 Å². The highest BCUT2D eigenvalue weighted by atomic mass is 35.5. The third-order valence-electron chi connectivity index (χ3n) is 3.49. The second-order valence-corrected chi connectivity index (χ2v) is 9.10. The van der Waals surface area contributed by atoms with Crippen molar-refractivity contribution in [2.75, 3.05) is 12.4 Å². The average molecular weight is 411 g/mol. The zero-order valence-corrected chi connectivity index (χ0v) is 17.2. The fourth-order valence-corrected chi connectivity index (χ4v) is 4.37. The molecule has 2 N–H and O–H groups in total. The van der Waals surface area contributed by atoms with Crippen LogP contribution in [-0.4, -0.2) is 27.0 Å². The number of para-hydroxylation sites is 1. The van der Waals surface area contributed by atoms with Gasteiger partial charge in [-0.25, -0.2) is 13.1 Å². The maximum atomic E-state index is 12.6. The number of rotatable bonds is 6. The lowest BCUT2D eigenvalue weighted by molar-refractivity contribution is 0.102. The normalized spacial score (nSPS) is 12.0. The van der Waals surface area contributed by atoms with Gasteiger partial charge in [-0.05, 0) is 45.0 Å². The molecule has 0 spiro atoms. The van der Waals surface area contributed by atoms with Crippen LogP contribution in [0.5, 0.6) is 0 Å². The van der Waals surface area contributed by atoms with E-state index in [-0.39, 0.29) is 15.5 Å². The van der Waals surface area contributed by atoms with Crippen molar-refractivity contribution in [1.29, 1.82) is 0 Å². The Labute approximate surface area is 164 Å². The van der Waals surface area contributed by atoms with Crippen molar-refractivity contribution in [3.05, 3.63) is 58.6 Å². The van der Waals surface area contributed by atoms with E-state index < -0.39 is 21.5 Å². The van der Waals surface area contributed by atoms with E-state index in [1.807, 2.05) is 12.1 Å². The number of methoxy groups -OCH3 is 1. The van der Waals surface area contributed by atoms with Gasteiger partial charge in [0.15, 0.2) is 0 Å². The summed E-state index contributed by atoms with van der Waals surface area (Å²) in [6, 6.07) is 11.4. The van der Waals surface area contributed by atoms with Crippen LogP contribution in [0.2, 0.25) is 5.02 Å². The van der Waals surface area contributed by atoms with Crippen molar-refractivity contribution in [2.24, 2.45) is 0 Å². The van der Waals surface area contributed by atoms with Crippen LogP contribution in [0.1, 0.15) is 36.7 Å². The minimum atomic E-state index is -3.88. The van der Waals surface area contributed by atoms with Crippen molar-refractivity contribution >= 4 is 33.2 Å². The van der Waals surface area contributed by atoms with Gasteiger partial charge >= 0.3 is 0 Å². The molecule has 2 aromatic carbocycles. The second-order valence-electron chi connectivity index (χ2n) is 7.04. The first-order valence-corrected chi connectivity index (χ1v) is 10.1. The smallest absolute Gasteiger partial charge is 0.255 e. The Morgan fingerprint density at radius 3 is 2.44 bits per heavy atom. The number of amides is 1. The molecule has 2 rings (SSSR count). The molecule has 0 heterocycles. The molecule has 0 unspecified atom stereocenters. The molecule has 2 aromatic rings. The van der Waals surface area contributed by atoms with Crippen molar-refractivity contribution in [2.45, 2.75) is 37.8 Å². The number of halogens is 1. The van der Waals surface area contributed by atoms with E-state index in [1.165, 1.54) is 18.2 Å². The lowest BCUT2D eigenvalue weighted by Gasteiger charge is -2.21.